The van der Waals surface area contributed by atoms with Crippen molar-refractivity contribution in [3.63, 3.8) is 0 Å². The van der Waals surface area contributed by atoms with Gasteiger partial charge in [-0.25, -0.2) is 4.98 Å². The molecular weight excluding hydrogens is 338 g/mol. The highest BCUT2D eigenvalue weighted by atomic mass is 16.5. The van der Waals surface area contributed by atoms with Gasteiger partial charge in [0.15, 0.2) is 0 Å². The Morgan fingerprint density at radius 3 is 2.56 bits per heavy atom. The summed E-state index contributed by atoms with van der Waals surface area (Å²) >= 11 is 0. The highest BCUT2D eigenvalue weighted by Gasteiger charge is 2.22. The van der Waals surface area contributed by atoms with E-state index in [4.69, 9.17) is 9.47 Å². The van der Waals surface area contributed by atoms with Crippen molar-refractivity contribution in [1.82, 2.24) is 4.98 Å². The molecular formula is C23H31NO3. The van der Waals surface area contributed by atoms with Gasteiger partial charge in [0.25, 0.3) is 0 Å². The predicted molar refractivity (Wildman–Crippen MR) is 107 cm³/mol. The molecule has 0 spiro atoms. The van der Waals surface area contributed by atoms with Crippen LogP contribution >= 0.6 is 0 Å². The third kappa shape index (κ3) is 5.96. The summed E-state index contributed by atoms with van der Waals surface area (Å²) in [5.74, 6) is 1.17. The van der Waals surface area contributed by atoms with Gasteiger partial charge in [0.05, 0.1) is 6.10 Å². The SMILES string of the molecule is CCCc1ccc(CCc2cc(O)cc(OCC3OCCCC3C)n2)cc1. The van der Waals surface area contributed by atoms with Gasteiger partial charge in [0.2, 0.25) is 5.88 Å². The zero-order valence-corrected chi connectivity index (χ0v) is 16.5. The van der Waals surface area contributed by atoms with E-state index in [0.717, 1.165) is 38.0 Å². The molecule has 2 unspecified atom stereocenters. The number of ether oxygens (including phenoxy) is 2. The molecule has 0 bridgehead atoms. The van der Waals surface area contributed by atoms with Crippen LogP contribution in [0.25, 0.3) is 0 Å². The summed E-state index contributed by atoms with van der Waals surface area (Å²) in [6.07, 6.45) is 6.35. The Morgan fingerprint density at radius 1 is 1.11 bits per heavy atom. The van der Waals surface area contributed by atoms with Gasteiger partial charge in [0.1, 0.15) is 12.4 Å². The van der Waals surface area contributed by atoms with Crippen LogP contribution in [0.5, 0.6) is 11.6 Å². The molecule has 1 saturated heterocycles. The number of aryl methyl sites for hydroxylation is 3. The first-order valence-corrected chi connectivity index (χ1v) is 10.2. The molecule has 0 radical (unpaired) electrons. The molecule has 4 nitrogen and oxygen atoms in total. The van der Waals surface area contributed by atoms with E-state index in [9.17, 15) is 5.11 Å². The number of rotatable bonds is 8. The summed E-state index contributed by atoms with van der Waals surface area (Å²) in [5.41, 5.74) is 3.51. The second-order valence-corrected chi connectivity index (χ2v) is 7.56. The molecule has 1 N–H and O–H groups in total. The third-order valence-electron chi connectivity index (χ3n) is 5.24. The molecule has 1 aromatic heterocycles. The quantitative estimate of drug-likeness (QED) is 0.731. The van der Waals surface area contributed by atoms with Crippen molar-refractivity contribution in [3.05, 3.63) is 53.2 Å². The molecule has 1 aliphatic heterocycles. The third-order valence-corrected chi connectivity index (χ3v) is 5.24. The summed E-state index contributed by atoms with van der Waals surface area (Å²) in [7, 11) is 0. The monoisotopic (exact) mass is 369 g/mol. The van der Waals surface area contributed by atoms with E-state index in [1.54, 1.807) is 12.1 Å². The summed E-state index contributed by atoms with van der Waals surface area (Å²) in [5, 5.41) is 10.0. The van der Waals surface area contributed by atoms with Gasteiger partial charge >= 0.3 is 0 Å². The molecule has 0 aliphatic carbocycles. The minimum atomic E-state index is 0.105. The van der Waals surface area contributed by atoms with Gasteiger partial charge in [-0.15, -0.1) is 0 Å². The fourth-order valence-corrected chi connectivity index (χ4v) is 3.55. The summed E-state index contributed by atoms with van der Waals surface area (Å²) in [6, 6.07) is 12.1. The van der Waals surface area contributed by atoms with Crippen molar-refractivity contribution in [3.8, 4) is 11.6 Å². The van der Waals surface area contributed by atoms with Gasteiger partial charge in [-0.2, -0.15) is 0 Å². The number of hydrogen-bond donors (Lipinski definition) is 1. The Bertz CT molecular complexity index is 714. The molecule has 3 rings (SSSR count). The van der Waals surface area contributed by atoms with Crippen LogP contribution < -0.4 is 4.74 Å². The molecule has 1 aromatic carbocycles. The number of nitrogens with zero attached hydrogens (tertiary/aromatic N) is 1. The van der Waals surface area contributed by atoms with Crippen LogP contribution in [0.4, 0.5) is 0 Å². The van der Waals surface area contributed by atoms with E-state index in [0.29, 0.717) is 18.4 Å². The molecule has 4 heteroatoms. The predicted octanol–water partition coefficient (Wildman–Crippen LogP) is 4.72. The molecule has 2 aromatic rings. The largest absolute Gasteiger partial charge is 0.508 e. The number of pyridine rings is 1. The van der Waals surface area contributed by atoms with Crippen molar-refractivity contribution in [2.75, 3.05) is 13.2 Å². The highest BCUT2D eigenvalue weighted by Crippen LogP contribution is 2.23. The van der Waals surface area contributed by atoms with E-state index in [1.807, 2.05) is 0 Å². The van der Waals surface area contributed by atoms with Gasteiger partial charge < -0.3 is 14.6 Å². The topological polar surface area (TPSA) is 51.6 Å². The average Bonchev–Trinajstić information content (AvgIpc) is 2.67. The van der Waals surface area contributed by atoms with Crippen LogP contribution in [0.3, 0.4) is 0 Å². The van der Waals surface area contributed by atoms with Gasteiger partial charge in [-0.05, 0) is 49.1 Å². The van der Waals surface area contributed by atoms with Crippen LogP contribution in [0.2, 0.25) is 0 Å². The first-order valence-electron chi connectivity index (χ1n) is 10.2. The van der Waals surface area contributed by atoms with Crippen molar-refractivity contribution in [2.24, 2.45) is 5.92 Å². The fourth-order valence-electron chi connectivity index (χ4n) is 3.55. The lowest BCUT2D eigenvalue weighted by molar-refractivity contribution is -0.0445. The Morgan fingerprint density at radius 2 is 1.85 bits per heavy atom. The van der Waals surface area contributed by atoms with Crippen LogP contribution in [0.1, 0.15) is 49.9 Å². The molecule has 2 atom stereocenters. The van der Waals surface area contributed by atoms with E-state index in [-0.39, 0.29) is 11.9 Å². The maximum Gasteiger partial charge on any atom is 0.217 e. The lowest BCUT2D eigenvalue weighted by Gasteiger charge is -2.28. The Labute approximate surface area is 162 Å². The summed E-state index contributed by atoms with van der Waals surface area (Å²) in [4.78, 5) is 4.57. The molecule has 146 valence electrons. The van der Waals surface area contributed by atoms with Crippen molar-refractivity contribution < 1.29 is 14.6 Å². The first kappa shape index (κ1) is 19.7. The van der Waals surface area contributed by atoms with Crippen molar-refractivity contribution in [2.45, 2.75) is 58.5 Å². The Kier molecular flexibility index (Phi) is 7.11. The maximum atomic E-state index is 10.0. The van der Waals surface area contributed by atoms with Gasteiger partial charge in [0, 0.05) is 24.4 Å². The molecule has 0 saturated carbocycles. The number of benzene rings is 1. The lowest BCUT2D eigenvalue weighted by atomic mass is 9.97. The number of aromatic hydroxyl groups is 1. The summed E-state index contributed by atoms with van der Waals surface area (Å²) in [6.45, 7) is 5.67. The van der Waals surface area contributed by atoms with Gasteiger partial charge in [-0.3, -0.25) is 0 Å². The second kappa shape index (κ2) is 9.75. The second-order valence-electron chi connectivity index (χ2n) is 7.56. The summed E-state index contributed by atoms with van der Waals surface area (Å²) < 4.78 is 11.6. The van der Waals surface area contributed by atoms with Crippen molar-refractivity contribution >= 4 is 0 Å². The standard InChI is InChI=1S/C23H31NO3/c1-3-5-18-7-9-19(10-8-18)11-12-20-14-21(25)15-23(24-20)27-16-22-17(2)6-4-13-26-22/h7-10,14-15,17,22H,3-6,11-13,16H2,1-2H3,(H,24,25). The molecule has 27 heavy (non-hydrogen) atoms. The average molecular weight is 370 g/mol. The Balaban J connectivity index is 1.56. The van der Waals surface area contributed by atoms with Crippen LogP contribution in [-0.2, 0) is 24.0 Å². The van der Waals surface area contributed by atoms with Crippen LogP contribution in [0.15, 0.2) is 36.4 Å². The highest BCUT2D eigenvalue weighted by molar-refractivity contribution is 5.30. The van der Waals surface area contributed by atoms with Gasteiger partial charge in [-0.1, -0.05) is 44.5 Å². The number of hydrogen-bond acceptors (Lipinski definition) is 4. The molecule has 0 amide bonds. The number of aromatic nitrogens is 1. The molecule has 1 fully saturated rings. The van der Waals surface area contributed by atoms with E-state index in [2.05, 4.69) is 43.1 Å². The lowest BCUT2D eigenvalue weighted by Crippen LogP contribution is -2.33. The van der Waals surface area contributed by atoms with Crippen molar-refractivity contribution in [1.29, 1.82) is 0 Å². The minimum absolute atomic E-state index is 0.105. The molecule has 1 aliphatic rings. The van der Waals surface area contributed by atoms with E-state index in [1.165, 1.54) is 24.0 Å². The minimum Gasteiger partial charge on any atom is -0.508 e. The van der Waals surface area contributed by atoms with Crippen LogP contribution in [-0.4, -0.2) is 29.4 Å². The fraction of sp³-hybridized carbons (Fsp3) is 0.522. The maximum absolute atomic E-state index is 10.0. The normalized spacial score (nSPS) is 19.8. The van der Waals surface area contributed by atoms with E-state index < -0.39 is 0 Å². The zero-order valence-electron chi connectivity index (χ0n) is 16.5. The Hall–Kier alpha value is -2.07. The first-order chi connectivity index (χ1) is 13.1. The van der Waals surface area contributed by atoms with Crippen LogP contribution in [0, 0.1) is 5.92 Å². The smallest absolute Gasteiger partial charge is 0.217 e. The zero-order chi connectivity index (χ0) is 19.1. The molecule has 2 heterocycles. The van der Waals surface area contributed by atoms with E-state index >= 15 is 0 Å².